The Morgan fingerprint density at radius 2 is 0.750 bits per heavy atom. The van der Waals surface area contributed by atoms with Crippen LogP contribution < -0.4 is 26.2 Å². The van der Waals surface area contributed by atoms with E-state index >= 15 is 0 Å². The first-order valence-corrected chi connectivity index (χ1v) is 26.1. The van der Waals surface area contributed by atoms with Crippen molar-refractivity contribution < 1.29 is 0 Å². The third kappa shape index (κ3) is 7.66. The Morgan fingerprint density at radius 3 is 1.18 bits per heavy atom. The number of nitrogens with zero attached hydrogens (tertiary/aromatic N) is 2. The number of benzene rings is 10. The van der Waals surface area contributed by atoms with E-state index in [9.17, 15) is 0 Å². The van der Waals surface area contributed by atoms with Gasteiger partial charge in [-0.3, -0.25) is 0 Å². The summed E-state index contributed by atoms with van der Waals surface area (Å²) >= 11 is 7.30. The number of para-hydroxylation sites is 2. The molecule has 346 valence electrons. The van der Waals surface area contributed by atoms with Gasteiger partial charge in [0.25, 0.3) is 6.71 Å². The highest BCUT2D eigenvalue weighted by Gasteiger charge is 2.46. The summed E-state index contributed by atoms with van der Waals surface area (Å²) in [5.41, 5.74) is 24.0. The van der Waals surface area contributed by atoms with Crippen molar-refractivity contribution in [3.05, 3.63) is 247 Å². The molecule has 10 aromatic carbocycles. The lowest BCUT2D eigenvalue weighted by molar-refractivity contribution is 0.268. The second kappa shape index (κ2) is 18.4. The molecule has 0 amide bonds. The summed E-state index contributed by atoms with van der Waals surface area (Å²) in [6, 6.07) is 87.6. The number of rotatable bonds is 8. The zero-order chi connectivity index (χ0) is 48.3. The largest absolute Gasteiger partial charge is 0.310 e. The summed E-state index contributed by atoms with van der Waals surface area (Å²) in [7, 11) is 0. The molecule has 0 aromatic heterocycles. The molecule has 2 nitrogen and oxygen atoms in total. The second-order valence-corrected chi connectivity index (χ2v) is 20.8. The van der Waals surface area contributed by atoms with Crippen LogP contribution in [0.1, 0.15) is 44.6 Å². The Balaban J connectivity index is 1.20. The van der Waals surface area contributed by atoms with Crippen LogP contribution in [0.25, 0.3) is 55.6 Å². The molecule has 3 aliphatic rings. The van der Waals surface area contributed by atoms with Crippen molar-refractivity contribution in [1.82, 2.24) is 0 Å². The molecule has 2 heterocycles. The molecule has 2 aliphatic heterocycles. The van der Waals surface area contributed by atoms with Gasteiger partial charge in [0.15, 0.2) is 0 Å². The molecule has 72 heavy (non-hydrogen) atoms. The molecular weight excluding hydrogens is 891 g/mol. The fraction of sp³-hybridized carbons (Fsp3) is 0.118. The Kier molecular flexibility index (Phi) is 11.3. The number of fused-ring (bicyclic) bond motifs is 4. The maximum absolute atomic E-state index is 7.30. The van der Waals surface area contributed by atoms with Gasteiger partial charge in [0.2, 0.25) is 0 Å². The van der Waals surface area contributed by atoms with E-state index in [0.717, 1.165) is 24.2 Å². The van der Waals surface area contributed by atoms with Crippen molar-refractivity contribution in [3.63, 3.8) is 0 Å². The van der Waals surface area contributed by atoms with Gasteiger partial charge in [0, 0.05) is 50.0 Å². The van der Waals surface area contributed by atoms with Gasteiger partial charge in [0.1, 0.15) is 0 Å². The van der Waals surface area contributed by atoms with Crippen molar-refractivity contribution in [3.8, 4) is 55.6 Å². The van der Waals surface area contributed by atoms with Gasteiger partial charge in [-0.25, -0.2) is 0 Å². The SMILES string of the molecule is CC1CC(C)CC(c2cc3c4c(c2)N(c2c(-c5ccccc5)cccc2-c2ccccc2)c2cc(-c5ccccc5)ccc2B4c2ccc(Cl)cc2N3c2c(-c3ccccc3)cccc2-c2ccccc2)C1. The molecule has 2 atom stereocenters. The Bertz CT molecular complexity index is 3490. The highest BCUT2D eigenvalue weighted by atomic mass is 35.5. The summed E-state index contributed by atoms with van der Waals surface area (Å²) in [5.74, 6) is 1.61. The van der Waals surface area contributed by atoms with E-state index in [1.165, 1.54) is 107 Å². The molecule has 13 rings (SSSR count). The lowest BCUT2D eigenvalue weighted by Gasteiger charge is -2.46. The van der Waals surface area contributed by atoms with Crippen LogP contribution in [0, 0.1) is 11.8 Å². The van der Waals surface area contributed by atoms with E-state index in [4.69, 9.17) is 11.6 Å². The highest BCUT2D eigenvalue weighted by Crippen LogP contribution is 2.54. The van der Waals surface area contributed by atoms with Crippen LogP contribution >= 0.6 is 11.6 Å². The van der Waals surface area contributed by atoms with E-state index in [1.807, 2.05) is 0 Å². The molecule has 10 aromatic rings. The van der Waals surface area contributed by atoms with E-state index in [0.29, 0.717) is 22.8 Å². The quantitative estimate of drug-likeness (QED) is 0.140. The zero-order valence-corrected chi connectivity index (χ0v) is 41.5. The topological polar surface area (TPSA) is 6.48 Å². The Labute approximate surface area is 429 Å². The monoisotopic (exact) mass is 944 g/mol. The lowest BCUT2D eigenvalue weighted by atomic mass is 9.33. The molecular formula is C68H54BClN2. The third-order valence-corrected chi connectivity index (χ3v) is 15.9. The minimum atomic E-state index is -0.0963. The molecule has 0 saturated heterocycles. The summed E-state index contributed by atoms with van der Waals surface area (Å²) in [4.78, 5) is 5.30. The first kappa shape index (κ1) is 44.1. The molecule has 0 N–H and O–H groups in total. The molecule has 0 spiro atoms. The first-order chi connectivity index (χ1) is 35.5. The fourth-order valence-electron chi connectivity index (χ4n) is 12.7. The third-order valence-electron chi connectivity index (χ3n) is 15.7. The van der Waals surface area contributed by atoms with Crippen molar-refractivity contribution >= 4 is 68.8 Å². The lowest BCUT2D eigenvalue weighted by Crippen LogP contribution is -2.61. The van der Waals surface area contributed by atoms with Crippen molar-refractivity contribution in [2.24, 2.45) is 11.8 Å². The minimum absolute atomic E-state index is 0.0963. The van der Waals surface area contributed by atoms with E-state index in [2.05, 4.69) is 260 Å². The summed E-state index contributed by atoms with van der Waals surface area (Å²) in [6.45, 7) is 4.83. The predicted octanol–water partition coefficient (Wildman–Crippen LogP) is 17.3. The second-order valence-electron chi connectivity index (χ2n) is 20.4. The summed E-state index contributed by atoms with van der Waals surface area (Å²) < 4.78 is 0. The van der Waals surface area contributed by atoms with Crippen molar-refractivity contribution in [2.75, 3.05) is 9.80 Å². The standard InChI is InChI=1S/C68H54BClN2/c1-45-38-46(2)40-53(39-45)54-42-64-66-65(43-54)72(68-58(50-26-14-6-15-27-50)32-19-33-59(68)51-28-16-7-17-29-51)63-44-55(70)35-37-61(63)69(66)60-36-34-52(47-20-8-3-9-21-47)41-62(60)71(64)67-56(48-22-10-4-11-23-48)30-18-31-57(67)49-24-12-5-13-25-49/h3-37,41-46,53H,38-40H2,1-2H3. The maximum atomic E-state index is 7.30. The van der Waals surface area contributed by atoms with Gasteiger partial charge in [-0.2, -0.15) is 0 Å². The van der Waals surface area contributed by atoms with Gasteiger partial charge in [-0.1, -0.05) is 232 Å². The normalized spacial score (nSPS) is 16.7. The van der Waals surface area contributed by atoms with Crippen LogP contribution in [0.3, 0.4) is 0 Å². The number of hydrogen-bond acceptors (Lipinski definition) is 2. The fourth-order valence-corrected chi connectivity index (χ4v) is 12.9. The van der Waals surface area contributed by atoms with Gasteiger partial charge >= 0.3 is 0 Å². The average molecular weight is 945 g/mol. The van der Waals surface area contributed by atoms with E-state index in [1.54, 1.807) is 0 Å². The molecule has 0 radical (unpaired) electrons. The number of hydrogen-bond donors (Lipinski definition) is 0. The summed E-state index contributed by atoms with van der Waals surface area (Å²) in [6.07, 6.45) is 3.55. The first-order valence-electron chi connectivity index (χ1n) is 25.7. The van der Waals surface area contributed by atoms with Crippen LogP contribution in [0.5, 0.6) is 0 Å². The van der Waals surface area contributed by atoms with Crippen LogP contribution in [-0.2, 0) is 0 Å². The number of anilines is 6. The van der Waals surface area contributed by atoms with Gasteiger partial charge in [-0.15, -0.1) is 0 Å². The zero-order valence-electron chi connectivity index (χ0n) is 40.7. The Hall–Kier alpha value is -7.85. The van der Waals surface area contributed by atoms with Crippen molar-refractivity contribution in [2.45, 2.75) is 39.0 Å². The van der Waals surface area contributed by atoms with Crippen LogP contribution in [0.2, 0.25) is 5.02 Å². The average Bonchev–Trinajstić information content (AvgIpc) is 3.43. The molecule has 1 aliphatic carbocycles. The molecule has 4 heteroatoms. The highest BCUT2D eigenvalue weighted by molar-refractivity contribution is 7.00. The van der Waals surface area contributed by atoms with E-state index < -0.39 is 0 Å². The summed E-state index contributed by atoms with van der Waals surface area (Å²) in [5, 5.41) is 0.716. The molecule has 1 fully saturated rings. The smallest absolute Gasteiger partial charge is 0.252 e. The van der Waals surface area contributed by atoms with E-state index in [-0.39, 0.29) is 6.71 Å². The molecule has 1 saturated carbocycles. The van der Waals surface area contributed by atoms with Gasteiger partial charge < -0.3 is 9.80 Å². The van der Waals surface area contributed by atoms with Crippen LogP contribution in [-0.4, -0.2) is 6.71 Å². The molecule has 2 unspecified atom stereocenters. The van der Waals surface area contributed by atoms with Crippen LogP contribution in [0.15, 0.2) is 237 Å². The maximum Gasteiger partial charge on any atom is 0.252 e. The molecule has 0 bridgehead atoms. The Morgan fingerprint density at radius 1 is 0.361 bits per heavy atom. The van der Waals surface area contributed by atoms with Gasteiger partial charge in [-0.05, 0) is 123 Å². The predicted molar refractivity (Wildman–Crippen MR) is 308 cm³/mol. The minimum Gasteiger partial charge on any atom is -0.310 e. The van der Waals surface area contributed by atoms with Crippen LogP contribution in [0.4, 0.5) is 34.1 Å². The van der Waals surface area contributed by atoms with Crippen molar-refractivity contribution in [1.29, 1.82) is 0 Å². The van der Waals surface area contributed by atoms with Gasteiger partial charge in [0.05, 0.1) is 11.4 Å². The number of halogens is 1.